The molecule has 0 aromatic heterocycles. The lowest BCUT2D eigenvalue weighted by Crippen LogP contribution is -2.47. The molecule has 0 radical (unpaired) electrons. The van der Waals surface area contributed by atoms with Crippen LogP contribution in [0.1, 0.15) is 46.0 Å². The Morgan fingerprint density at radius 3 is 2.69 bits per heavy atom. The highest BCUT2D eigenvalue weighted by Gasteiger charge is 2.36. The summed E-state index contributed by atoms with van der Waals surface area (Å²) in [5, 5.41) is 6.56. The van der Waals surface area contributed by atoms with Crippen molar-refractivity contribution in [2.24, 2.45) is 11.3 Å². The fraction of sp³-hybridized carbons (Fsp3) is 0.923. The topological polar surface area (TPSA) is 41.1 Å². The number of carbonyl (C=O) groups is 1. The molecule has 2 fully saturated rings. The van der Waals surface area contributed by atoms with Gasteiger partial charge in [0.05, 0.1) is 5.92 Å². The maximum Gasteiger partial charge on any atom is 0.224 e. The van der Waals surface area contributed by atoms with Gasteiger partial charge in [-0.05, 0) is 37.6 Å². The van der Waals surface area contributed by atoms with E-state index in [4.69, 9.17) is 0 Å². The van der Waals surface area contributed by atoms with Crippen molar-refractivity contribution in [3.63, 3.8) is 0 Å². The van der Waals surface area contributed by atoms with Crippen LogP contribution in [0.2, 0.25) is 0 Å². The molecule has 2 N–H and O–H groups in total. The van der Waals surface area contributed by atoms with E-state index in [1.54, 1.807) is 0 Å². The molecule has 0 bridgehead atoms. The Balaban J connectivity index is 1.86. The van der Waals surface area contributed by atoms with Crippen molar-refractivity contribution in [1.29, 1.82) is 0 Å². The molecule has 92 valence electrons. The third kappa shape index (κ3) is 2.57. The number of amides is 1. The van der Waals surface area contributed by atoms with Crippen LogP contribution in [0, 0.1) is 11.3 Å². The van der Waals surface area contributed by atoms with Crippen molar-refractivity contribution in [2.75, 3.05) is 13.1 Å². The average molecular weight is 224 g/mol. The van der Waals surface area contributed by atoms with E-state index in [-0.39, 0.29) is 17.2 Å². The first-order valence-corrected chi connectivity index (χ1v) is 6.61. The second kappa shape index (κ2) is 4.74. The number of rotatable bonds is 2. The van der Waals surface area contributed by atoms with Gasteiger partial charge >= 0.3 is 0 Å². The third-order valence-electron chi connectivity index (χ3n) is 4.24. The van der Waals surface area contributed by atoms with Gasteiger partial charge in [0.25, 0.3) is 0 Å². The second-order valence-electron chi connectivity index (χ2n) is 5.99. The largest absolute Gasteiger partial charge is 0.353 e. The fourth-order valence-corrected chi connectivity index (χ4v) is 2.96. The SMILES string of the molecule is CC1(C)CCCC1NC(=O)C1CCCNC1. The molecule has 1 amide bonds. The monoisotopic (exact) mass is 224 g/mol. The summed E-state index contributed by atoms with van der Waals surface area (Å²) in [6.07, 6.45) is 5.82. The summed E-state index contributed by atoms with van der Waals surface area (Å²) < 4.78 is 0. The Kier molecular flexibility index (Phi) is 3.53. The minimum atomic E-state index is 0.199. The summed E-state index contributed by atoms with van der Waals surface area (Å²) in [7, 11) is 0. The van der Waals surface area contributed by atoms with Crippen LogP contribution in [0.15, 0.2) is 0 Å². The van der Waals surface area contributed by atoms with Crippen molar-refractivity contribution in [1.82, 2.24) is 10.6 Å². The van der Waals surface area contributed by atoms with Crippen LogP contribution >= 0.6 is 0 Å². The van der Waals surface area contributed by atoms with Crippen LogP contribution in [0.3, 0.4) is 0 Å². The van der Waals surface area contributed by atoms with Crippen LogP contribution in [-0.4, -0.2) is 25.0 Å². The summed E-state index contributed by atoms with van der Waals surface area (Å²) >= 11 is 0. The number of carbonyl (C=O) groups excluding carboxylic acids is 1. The Labute approximate surface area is 98.4 Å². The summed E-state index contributed by atoms with van der Waals surface area (Å²) in [4.78, 5) is 12.1. The molecule has 0 aromatic carbocycles. The zero-order valence-electron chi connectivity index (χ0n) is 10.5. The van der Waals surface area contributed by atoms with Gasteiger partial charge in [-0.1, -0.05) is 20.3 Å². The molecule has 1 saturated carbocycles. The lowest BCUT2D eigenvalue weighted by Gasteiger charge is -2.30. The van der Waals surface area contributed by atoms with E-state index in [2.05, 4.69) is 24.5 Å². The Morgan fingerprint density at radius 1 is 1.31 bits per heavy atom. The van der Waals surface area contributed by atoms with Crippen molar-refractivity contribution in [3.8, 4) is 0 Å². The number of hydrogen-bond acceptors (Lipinski definition) is 2. The van der Waals surface area contributed by atoms with Gasteiger partial charge in [-0.25, -0.2) is 0 Å². The van der Waals surface area contributed by atoms with Gasteiger partial charge < -0.3 is 10.6 Å². The number of nitrogens with one attached hydrogen (secondary N) is 2. The smallest absolute Gasteiger partial charge is 0.224 e. The highest BCUT2D eigenvalue weighted by Crippen LogP contribution is 2.37. The molecule has 2 aliphatic rings. The minimum Gasteiger partial charge on any atom is -0.353 e. The Morgan fingerprint density at radius 2 is 2.12 bits per heavy atom. The van der Waals surface area contributed by atoms with Crippen LogP contribution < -0.4 is 10.6 Å². The van der Waals surface area contributed by atoms with Gasteiger partial charge in [-0.3, -0.25) is 4.79 Å². The van der Waals surface area contributed by atoms with Crippen LogP contribution in [0.5, 0.6) is 0 Å². The van der Waals surface area contributed by atoms with Crippen molar-refractivity contribution in [2.45, 2.75) is 52.0 Å². The van der Waals surface area contributed by atoms with Gasteiger partial charge in [-0.2, -0.15) is 0 Å². The molecule has 2 atom stereocenters. The maximum absolute atomic E-state index is 12.1. The predicted octanol–water partition coefficient (Wildman–Crippen LogP) is 1.68. The van der Waals surface area contributed by atoms with Gasteiger partial charge in [0, 0.05) is 12.6 Å². The minimum absolute atomic E-state index is 0.199. The van der Waals surface area contributed by atoms with E-state index in [1.165, 1.54) is 12.8 Å². The number of piperidine rings is 1. The first-order valence-electron chi connectivity index (χ1n) is 6.61. The highest BCUT2D eigenvalue weighted by atomic mass is 16.2. The third-order valence-corrected chi connectivity index (χ3v) is 4.24. The molecule has 1 heterocycles. The van der Waals surface area contributed by atoms with E-state index in [1.807, 2.05) is 0 Å². The molecule has 1 saturated heterocycles. The van der Waals surface area contributed by atoms with Crippen molar-refractivity contribution < 1.29 is 4.79 Å². The zero-order chi connectivity index (χ0) is 11.6. The molecule has 0 aromatic rings. The average Bonchev–Trinajstić information content (AvgIpc) is 2.59. The summed E-state index contributed by atoms with van der Waals surface area (Å²) in [5.74, 6) is 0.470. The quantitative estimate of drug-likeness (QED) is 0.749. The molecule has 2 rings (SSSR count). The first kappa shape index (κ1) is 11.9. The Bertz CT molecular complexity index is 257. The molecule has 0 spiro atoms. The van der Waals surface area contributed by atoms with E-state index in [0.717, 1.165) is 32.4 Å². The molecule has 1 aliphatic carbocycles. The lowest BCUT2D eigenvalue weighted by molar-refractivity contribution is -0.126. The van der Waals surface area contributed by atoms with E-state index < -0.39 is 0 Å². The molecule has 3 nitrogen and oxygen atoms in total. The maximum atomic E-state index is 12.1. The molecule has 3 heteroatoms. The lowest BCUT2D eigenvalue weighted by atomic mass is 9.87. The van der Waals surface area contributed by atoms with Gasteiger partial charge in [0.15, 0.2) is 0 Å². The van der Waals surface area contributed by atoms with Crippen LogP contribution in [0.25, 0.3) is 0 Å². The van der Waals surface area contributed by atoms with Gasteiger partial charge in [0.2, 0.25) is 5.91 Å². The number of hydrogen-bond donors (Lipinski definition) is 2. The summed E-state index contributed by atoms with van der Waals surface area (Å²) in [6, 6.07) is 0.391. The molecule has 2 unspecified atom stereocenters. The second-order valence-corrected chi connectivity index (χ2v) is 5.99. The van der Waals surface area contributed by atoms with E-state index >= 15 is 0 Å². The zero-order valence-corrected chi connectivity index (χ0v) is 10.5. The van der Waals surface area contributed by atoms with Crippen LogP contribution in [0.4, 0.5) is 0 Å². The van der Waals surface area contributed by atoms with Gasteiger partial charge in [-0.15, -0.1) is 0 Å². The summed E-state index contributed by atoms with van der Waals surface area (Å²) in [6.45, 7) is 6.46. The fourth-order valence-electron chi connectivity index (χ4n) is 2.96. The summed E-state index contributed by atoms with van der Waals surface area (Å²) in [5.41, 5.74) is 0.289. The molecule has 1 aliphatic heterocycles. The van der Waals surface area contributed by atoms with Crippen molar-refractivity contribution in [3.05, 3.63) is 0 Å². The molecule has 16 heavy (non-hydrogen) atoms. The first-order chi connectivity index (χ1) is 7.59. The normalized spacial score (nSPS) is 33.6. The van der Waals surface area contributed by atoms with Crippen molar-refractivity contribution >= 4 is 5.91 Å². The van der Waals surface area contributed by atoms with Gasteiger partial charge in [0.1, 0.15) is 0 Å². The Hall–Kier alpha value is -0.570. The highest BCUT2D eigenvalue weighted by molar-refractivity contribution is 5.79. The molecular formula is C13H24N2O. The predicted molar refractivity (Wildman–Crippen MR) is 65.2 cm³/mol. The van der Waals surface area contributed by atoms with E-state index in [0.29, 0.717) is 6.04 Å². The van der Waals surface area contributed by atoms with Crippen LogP contribution in [-0.2, 0) is 4.79 Å². The molecular weight excluding hydrogens is 200 g/mol. The van der Waals surface area contributed by atoms with E-state index in [9.17, 15) is 4.79 Å². The standard InChI is InChI=1S/C13H24N2O/c1-13(2)7-3-6-11(13)15-12(16)10-5-4-8-14-9-10/h10-11,14H,3-9H2,1-2H3,(H,15,16).